The van der Waals surface area contributed by atoms with Gasteiger partial charge < -0.3 is 9.67 Å². The van der Waals surface area contributed by atoms with Crippen molar-refractivity contribution in [2.24, 2.45) is 0 Å². The van der Waals surface area contributed by atoms with Crippen molar-refractivity contribution in [3.05, 3.63) is 115 Å². The minimum Gasteiger partial charge on any atom is -0.477 e. The molecule has 6 heteroatoms. The van der Waals surface area contributed by atoms with Crippen molar-refractivity contribution in [2.45, 2.75) is 0 Å². The van der Waals surface area contributed by atoms with Gasteiger partial charge in [-0.15, -0.1) is 29.1 Å². The average molecular weight is 585 g/mol. The van der Waals surface area contributed by atoms with Gasteiger partial charge in [0.1, 0.15) is 5.69 Å². The maximum atomic E-state index is 10.1. The van der Waals surface area contributed by atoms with E-state index in [0.717, 1.165) is 17.1 Å². The molecule has 0 saturated heterocycles. The van der Waals surface area contributed by atoms with Crippen LogP contribution in [0.1, 0.15) is 10.5 Å². The smallest absolute Gasteiger partial charge is 0.354 e. The van der Waals surface area contributed by atoms with Gasteiger partial charge in [0.15, 0.2) is 0 Å². The molecule has 0 atom stereocenters. The first-order valence-electron chi connectivity index (χ1n) is 9.36. The summed E-state index contributed by atoms with van der Waals surface area (Å²) in [6.45, 7) is 0. The molecular formula is C25H18IrN3O2-. The van der Waals surface area contributed by atoms with Crippen molar-refractivity contribution >= 4 is 16.7 Å². The van der Waals surface area contributed by atoms with E-state index in [2.05, 4.69) is 57.0 Å². The summed E-state index contributed by atoms with van der Waals surface area (Å²) in [6, 6.07) is 30.8. The molecule has 0 aliphatic rings. The Morgan fingerprint density at radius 1 is 0.839 bits per heavy atom. The molecule has 155 valence electrons. The van der Waals surface area contributed by atoms with E-state index in [-0.39, 0.29) is 25.8 Å². The number of nitrogens with zero attached hydrogens (tertiary/aromatic N) is 3. The van der Waals surface area contributed by atoms with E-state index in [1.54, 1.807) is 12.1 Å². The van der Waals surface area contributed by atoms with Gasteiger partial charge in [-0.05, 0) is 24.3 Å². The Morgan fingerprint density at radius 2 is 1.55 bits per heavy atom. The van der Waals surface area contributed by atoms with Crippen LogP contribution in [-0.4, -0.2) is 25.6 Å². The molecule has 0 amide bonds. The number of benzene rings is 3. The van der Waals surface area contributed by atoms with Gasteiger partial charge in [-0.25, -0.2) is 9.78 Å². The number of para-hydroxylation sites is 1. The maximum absolute atomic E-state index is 10.1. The van der Waals surface area contributed by atoms with E-state index >= 15 is 0 Å². The van der Waals surface area contributed by atoms with E-state index in [4.69, 9.17) is 5.11 Å². The van der Waals surface area contributed by atoms with Crippen molar-refractivity contribution in [2.75, 3.05) is 0 Å². The van der Waals surface area contributed by atoms with E-state index < -0.39 is 5.97 Å². The van der Waals surface area contributed by atoms with Gasteiger partial charge in [0.05, 0.1) is 5.82 Å². The minimum absolute atomic E-state index is 0. The zero-order valence-corrected chi connectivity index (χ0v) is 18.7. The van der Waals surface area contributed by atoms with Gasteiger partial charge in [0.25, 0.3) is 0 Å². The van der Waals surface area contributed by atoms with E-state index in [9.17, 15) is 4.79 Å². The van der Waals surface area contributed by atoms with Crippen molar-refractivity contribution in [1.29, 1.82) is 0 Å². The SMILES string of the molecule is O=C(O)c1ccccn1.[Ir].[c-]1cc2ccccc2cc1-c1nccn1-c1ccccc1. The van der Waals surface area contributed by atoms with Crippen LogP contribution in [0.2, 0.25) is 0 Å². The number of rotatable bonds is 3. The van der Waals surface area contributed by atoms with E-state index in [0.29, 0.717) is 0 Å². The molecule has 5 rings (SSSR count). The second kappa shape index (κ2) is 10.4. The number of imidazole rings is 1. The maximum Gasteiger partial charge on any atom is 0.354 e. The second-order valence-corrected chi connectivity index (χ2v) is 6.45. The van der Waals surface area contributed by atoms with Crippen molar-refractivity contribution in [3.63, 3.8) is 0 Å². The van der Waals surface area contributed by atoms with Gasteiger partial charge in [-0.1, -0.05) is 53.9 Å². The third-order valence-electron chi connectivity index (χ3n) is 4.48. The Hall–Kier alpha value is -3.60. The summed E-state index contributed by atoms with van der Waals surface area (Å²) in [5.41, 5.74) is 2.19. The van der Waals surface area contributed by atoms with Crippen LogP contribution in [0, 0.1) is 6.07 Å². The molecule has 0 aliphatic heterocycles. The average Bonchev–Trinajstić information content (AvgIpc) is 3.30. The summed E-state index contributed by atoms with van der Waals surface area (Å²) in [5.74, 6) is -0.0810. The number of aromatic nitrogens is 3. The number of carboxylic acids is 1. The van der Waals surface area contributed by atoms with Crippen LogP contribution in [-0.2, 0) is 20.1 Å². The van der Waals surface area contributed by atoms with Crippen molar-refractivity contribution < 1.29 is 30.0 Å². The number of fused-ring (bicyclic) bond motifs is 1. The largest absolute Gasteiger partial charge is 0.477 e. The first kappa shape index (κ1) is 22.1. The molecule has 0 saturated carbocycles. The molecule has 0 spiro atoms. The predicted molar refractivity (Wildman–Crippen MR) is 117 cm³/mol. The fourth-order valence-electron chi connectivity index (χ4n) is 3.04. The Bertz CT molecular complexity index is 1270. The summed E-state index contributed by atoms with van der Waals surface area (Å²) in [6.07, 6.45) is 5.25. The van der Waals surface area contributed by atoms with Gasteiger partial charge in [-0.3, -0.25) is 4.98 Å². The first-order chi connectivity index (χ1) is 14.7. The molecule has 2 heterocycles. The molecule has 0 bridgehead atoms. The predicted octanol–water partition coefficient (Wildman–Crippen LogP) is 5.27. The van der Waals surface area contributed by atoms with Crippen molar-refractivity contribution in [3.8, 4) is 17.1 Å². The summed E-state index contributed by atoms with van der Waals surface area (Å²) >= 11 is 0. The van der Waals surface area contributed by atoms with E-state index in [1.807, 2.05) is 42.7 Å². The Kier molecular flexibility index (Phi) is 7.44. The van der Waals surface area contributed by atoms with Crippen LogP contribution >= 0.6 is 0 Å². The molecule has 0 fully saturated rings. The first-order valence-corrected chi connectivity index (χ1v) is 9.36. The topological polar surface area (TPSA) is 68.0 Å². The molecule has 5 nitrogen and oxygen atoms in total. The van der Waals surface area contributed by atoms with Crippen LogP contribution in [0.15, 0.2) is 104 Å². The van der Waals surface area contributed by atoms with Crippen LogP contribution in [0.5, 0.6) is 0 Å². The molecule has 0 unspecified atom stereocenters. The Labute approximate surface area is 193 Å². The fraction of sp³-hybridized carbons (Fsp3) is 0. The van der Waals surface area contributed by atoms with Crippen LogP contribution < -0.4 is 0 Å². The normalized spacial score (nSPS) is 9.94. The number of carboxylic acid groups (broad SMARTS) is 1. The van der Waals surface area contributed by atoms with Crippen LogP contribution in [0.3, 0.4) is 0 Å². The Balaban J connectivity index is 0.000000232. The number of hydrogen-bond donors (Lipinski definition) is 1. The molecule has 5 aromatic rings. The molecule has 3 aromatic carbocycles. The molecule has 1 N–H and O–H groups in total. The van der Waals surface area contributed by atoms with Gasteiger partial charge >= 0.3 is 5.97 Å². The third kappa shape index (κ3) is 5.31. The fourth-order valence-corrected chi connectivity index (χ4v) is 3.04. The standard InChI is InChI=1S/C19H13N2.C6H5NO2.Ir/c1-2-8-18(9-3-1)21-13-12-20-19(21)17-11-10-15-6-4-5-7-16(15)14-17;8-6(9)5-3-1-2-4-7-5;/h1-10,12-14H;1-4H,(H,8,9);/q-1;;. The summed E-state index contributed by atoms with van der Waals surface area (Å²) in [4.78, 5) is 18.2. The molecule has 31 heavy (non-hydrogen) atoms. The summed E-state index contributed by atoms with van der Waals surface area (Å²) in [5, 5.41) is 10.7. The summed E-state index contributed by atoms with van der Waals surface area (Å²) in [7, 11) is 0. The van der Waals surface area contributed by atoms with Crippen LogP contribution in [0.4, 0.5) is 0 Å². The second-order valence-electron chi connectivity index (χ2n) is 6.45. The minimum atomic E-state index is -0.990. The van der Waals surface area contributed by atoms with Gasteiger partial charge in [-0.2, -0.15) is 0 Å². The molecule has 1 radical (unpaired) electrons. The zero-order chi connectivity index (χ0) is 20.8. The zero-order valence-electron chi connectivity index (χ0n) is 16.3. The van der Waals surface area contributed by atoms with Gasteiger partial charge in [0.2, 0.25) is 0 Å². The number of hydrogen-bond acceptors (Lipinski definition) is 3. The van der Waals surface area contributed by atoms with Gasteiger partial charge in [0, 0.05) is 44.4 Å². The third-order valence-corrected chi connectivity index (χ3v) is 4.48. The Morgan fingerprint density at radius 3 is 2.23 bits per heavy atom. The molecule has 2 aromatic heterocycles. The van der Waals surface area contributed by atoms with Crippen molar-refractivity contribution in [1.82, 2.24) is 14.5 Å². The summed E-state index contributed by atoms with van der Waals surface area (Å²) < 4.78 is 2.08. The monoisotopic (exact) mass is 585 g/mol. The van der Waals surface area contributed by atoms with Crippen LogP contribution in [0.25, 0.3) is 27.8 Å². The number of aromatic carboxylic acids is 1. The number of pyridine rings is 1. The molecular weight excluding hydrogens is 567 g/mol. The quantitative estimate of drug-likeness (QED) is 0.294. The number of carbonyl (C=O) groups is 1. The molecule has 0 aliphatic carbocycles. The van der Waals surface area contributed by atoms with E-state index in [1.165, 1.54) is 23.0 Å².